The van der Waals surface area contributed by atoms with Crippen molar-refractivity contribution in [1.82, 2.24) is 0 Å². The molecule has 0 spiro atoms. The van der Waals surface area contributed by atoms with Gasteiger partial charge in [0.15, 0.2) is 0 Å². The number of rotatable bonds is 11. The van der Waals surface area contributed by atoms with E-state index in [9.17, 15) is 20.1 Å². The molecule has 0 radical (unpaired) electrons. The van der Waals surface area contributed by atoms with Crippen LogP contribution >= 0.6 is 22.9 Å². The zero-order valence-electron chi connectivity index (χ0n) is 16.2. The van der Waals surface area contributed by atoms with E-state index < -0.39 is 24.3 Å². The van der Waals surface area contributed by atoms with Crippen molar-refractivity contribution in [2.24, 2.45) is 11.8 Å². The molecule has 158 valence electrons. The molecular formula is C21H31ClO5S. The Hall–Kier alpha value is -0.920. The Bertz CT molecular complexity index is 646. The first-order chi connectivity index (χ1) is 13.3. The smallest absolute Gasteiger partial charge is 0.345 e. The van der Waals surface area contributed by atoms with Crippen LogP contribution in [-0.2, 0) is 6.42 Å². The second-order valence-corrected chi connectivity index (χ2v) is 9.38. The van der Waals surface area contributed by atoms with E-state index in [1.807, 2.05) is 19.1 Å². The molecule has 1 aromatic heterocycles. The molecule has 28 heavy (non-hydrogen) atoms. The Morgan fingerprint density at radius 1 is 1.39 bits per heavy atom. The molecule has 1 aliphatic carbocycles. The fourth-order valence-electron chi connectivity index (χ4n) is 3.94. The van der Waals surface area contributed by atoms with E-state index in [1.165, 1.54) is 11.3 Å². The van der Waals surface area contributed by atoms with E-state index in [1.54, 1.807) is 12.1 Å². The lowest BCUT2D eigenvalue weighted by atomic mass is 9.89. The number of halogens is 1. The summed E-state index contributed by atoms with van der Waals surface area (Å²) in [5.41, 5.74) is 0. The van der Waals surface area contributed by atoms with Crippen LogP contribution in [0.5, 0.6) is 0 Å². The summed E-state index contributed by atoms with van der Waals surface area (Å²) in [6, 6.07) is 3.48. The van der Waals surface area contributed by atoms with Gasteiger partial charge in [-0.1, -0.05) is 25.5 Å². The number of hydrogen-bond acceptors (Lipinski definition) is 5. The van der Waals surface area contributed by atoms with Gasteiger partial charge >= 0.3 is 5.97 Å². The zero-order valence-corrected chi connectivity index (χ0v) is 17.8. The molecule has 5 nitrogen and oxygen atoms in total. The highest BCUT2D eigenvalue weighted by Crippen LogP contribution is 2.40. The Morgan fingerprint density at radius 3 is 2.79 bits per heavy atom. The van der Waals surface area contributed by atoms with Crippen molar-refractivity contribution in [1.29, 1.82) is 0 Å². The Morgan fingerprint density at radius 2 is 2.14 bits per heavy atom. The molecule has 1 saturated carbocycles. The van der Waals surface area contributed by atoms with Gasteiger partial charge in [0.25, 0.3) is 0 Å². The lowest BCUT2D eigenvalue weighted by Gasteiger charge is -2.21. The summed E-state index contributed by atoms with van der Waals surface area (Å²) in [6.45, 7) is 1.99. The van der Waals surface area contributed by atoms with Crippen LogP contribution in [0.3, 0.4) is 0 Å². The summed E-state index contributed by atoms with van der Waals surface area (Å²) in [6.07, 6.45) is 6.58. The largest absolute Gasteiger partial charge is 0.477 e. The van der Waals surface area contributed by atoms with Crippen molar-refractivity contribution in [3.63, 3.8) is 0 Å². The fraction of sp³-hybridized carbons (Fsp3) is 0.667. The van der Waals surface area contributed by atoms with E-state index in [0.29, 0.717) is 24.1 Å². The number of carbonyl (C=O) groups is 1. The first-order valence-corrected chi connectivity index (χ1v) is 11.3. The molecule has 0 aliphatic heterocycles. The van der Waals surface area contributed by atoms with E-state index >= 15 is 0 Å². The van der Waals surface area contributed by atoms with E-state index in [2.05, 4.69) is 0 Å². The van der Waals surface area contributed by atoms with Gasteiger partial charge in [0.05, 0.1) is 18.3 Å². The molecule has 2 unspecified atom stereocenters. The van der Waals surface area contributed by atoms with Crippen molar-refractivity contribution in [3.8, 4) is 0 Å². The summed E-state index contributed by atoms with van der Waals surface area (Å²) in [5.74, 6) is -0.901. The van der Waals surface area contributed by atoms with Crippen LogP contribution in [0, 0.1) is 11.8 Å². The third-order valence-electron chi connectivity index (χ3n) is 5.39. The Labute approximate surface area is 175 Å². The predicted octanol–water partition coefficient (Wildman–Crippen LogP) is 3.84. The normalized spacial score (nSPS) is 27.3. The van der Waals surface area contributed by atoms with Crippen LogP contribution in [-0.4, -0.2) is 50.1 Å². The topological polar surface area (TPSA) is 98.0 Å². The molecule has 7 heteroatoms. The highest BCUT2D eigenvalue weighted by molar-refractivity contribution is 7.13. The summed E-state index contributed by atoms with van der Waals surface area (Å²) >= 11 is 7.76. The van der Waals surface area contributed by atoms with E-state index in [-0.39, 0.29) is 17.2 Å². The van der Waals surface area contributed by atoms with Crippen molar-refractivity contribution in [3.05, 3.63) is 34.0 Å². The molecule has 0 saturated heterocycles. The maximum Gasteiger partial charge on any atom is 0.345 e. The fourth-order valence-corrected chi connectivity index (χ4v) is 5.30. The zero-order chi connectivity index (χ0) is 20.7. The lowest BCUT2D eigenvalue weighted by Crippen LogP contribution is -2.20. The van der Waals surface area contributed by atoms with Crippen LogP contribution in [0.1, 0.15) is 60.0 Å². The monoisotopic (exact) mass is 430 g/mol. The highest BCUT2D eigenvalue weighted by Gasteiger charge is 2.39. The van der Waals surface area contributed by atoms with Crippen LogP contribution < -0.4 is 0 Å². The molecule has 4 N–H and O–H groups in total. The number of thiophene rings is 1. The first kappa shape index (κ1) is 23.4. The summed E-state index contributed by atoms with van der Waals surface area (Å²) in [4.78, 5) is 12.4. The van der Waals surface area contributed by atoms with E-state index in [4.69, 9.17) is 16.7 Å². The third kappa shape index (κ3) is 6.85. The minimum absolute atomic E-state index is 0.111. The van der Waals surface area contributed by atoms with Gasteiger partial charge in [0.1, 0.15) is 4.88 Å². The molecule has 0 bridgehead atoms. The maximum absolute atomic E-state index is 11.0. The second-order valence-electron chi connectivity index (χ2n) is 7.65. The maximum atomic E-state index is 11.0. The van der Waals surface area contributed by atoms with Crippen LogP contribution in [0.15, 0.2) is 24.3 Å². The van der Waals surface area contributed by atoms with Gasteiger partial charge in [0.2, 0.25) is 0 Å². The molecule has 1 aliphatic rings. The highest BCUT2D eigenvalue weighted by atomic mass is 35.5. The number of aliphatic hydroxyl groups excluding tert-OH is 3. The van der Waals surface area contributed by atoms with Gasteiger partial charge < -0.3 is 20.4 Å². The van der Waals surface area contributed by atoms with Gasteiger partial charge in [-0.2, -0.15) is 0 Å². The number of hydrogen-bond donors (Lipinski definition) is 4. The number of carboxylic acids is 1. The molecular weight excluding hydrogens is 400 g/mol. The number of carboxylic acid groups (broad SMARTS) is 1. The summed E-state index contributed by atoms with van der Waals surface area (Å²) in [7, 11) is 0. The number of aliphatic hydroxyl groups is 3. The third-order valence-corrected chi connectivity index (χ3v) is 7.03. The van der Waals surface area contributed by atoms with Gasteiger partial charge in [-0.25, -0.2) is 4.79 Å². The SMILES string of the molecule is CCCC(O)CC(O)/C=C/[C@@H]1[C@@H](CCCc2ccc(C(=O)O)s2)[C@H](Cl)C[C@H]1O. The average Bonchev–Trinajstić information content (AvgIpc) is 3.19. The van der Waals surface area contributed by atoms with Crippen molar-refractivity contribution >= 4 is 28.9 Å². The Balaban J connectivity index is 1.88. The van der Waals surface area contributed by atoms with Crippen molar-refractivity contribution in [2.45, 2.75) is 75.6 Å². The molecule has 6 atom stereocenters. The summed E-state index contributed by atoms with van der Waals surface area (Å²) < 4.78 is 0. The average molecular weight is 431 g/mol. The quantitative estimate of drug-likeness (QED) is 0.316. The molecule has 1 fully saturated rings. The number of aromatic carboxylic acids is 1. The standard InChI is InChI=1S/C21H31ClO5S/c1-2-4-13(23)11-14(24)7-9-17-16(18(22)12-19(17)25)6-3-5-15-8-10-20(28-15)21(26)27/h7-10,13-14,16-19,23-25H,2-6,11-12H2,1H3,(H,26,27)/b9-7+/t13?,14?,16-,17-,18-,19-/m1/s1. The molecule has 0 aromatic carbocycles. The van der Waals surface area contributed by atoms with Gasteiger partial charge in [-0.15, -0.1) is 22.9 Å². The minimum atomic E-state index is -0.899. The van der Waals surface area contributed by atoms with Crippen LogP contribution in [0.4, 0.5) is 0 Å². The van der Waals surface area contributed by atoms with E-state index in [0.717, 1.165) is 30.6 Å². The Kier molecular flexibility index (Phi) is 9.44. The van der Waals surface area contributed by atoms with Gasteiger partial charge in [-0.3, -0.25) is 0 Å². The minimum Gasteiger partial charge on any atom is -0.477 e. The number of alkyl halides is 1. The summed E-state index contributed by atoms with van der Waals surface area (Å²) in [5, 5.41) is 39.2. The lowest BCUT2D eigenvalue weighted by molar-refractivity contribution is 0.0702. The van der Waals surface area contributed by atoms with Gasteiger partial charge in [-0.05, 0) is 50.2 Å². The predicted molar refractivity (Wildman–Crippen MR) is 112 cm³/mol. The molecule has 2 rings (SSSR count). The van der Waals surface area contributed by atoms with Crippen molar-refractivity contribution in [2.75, 3.05) is 0 Å². The van der Waals surface area contributed by atoms with Gasteiger partial charge in [0, 0.05) is 22.6 Å². The van der Waals surface area contributed by atoms with Crippen molar-refractivity contribution < 1.29 is 25.2 Å². The molecule has 0 amide bonds. The molecule has 1 aromatic rings. The van der Waals surface area contributed by atoms with Crippen LogP contribution in [0.25, 0.3) is 0 Å². The number of aryl methyl sites for hydroxylation is 1. The first-order valence-electron chi connectivity index (χ1n) is 10.00. The van der Waals surface area contributed by atoms with Crippen LogP contribution in [0.2, 0.25) is 0 Å². The second kappa shape index (κ2) is 11.3. The molecule has 1 heterocycles.